The lowest BCUT2D eigenvalue weighted by Gasteiger charge is -2.49. The number of hydrogen-bond acceptors (Lipinski definition) is 12. The molecule has 192 valence electrons. The van der Waals surface area contributed by atoms with Crippen LogP contribution in [0.25, 0.3) is 0 Å². The first-order valence-electron chi connectivity index (χ1n) is 10.5. The van der Waals surface area contributed by atoms with Crippen molar-refractivity contribution in [2.24, 2.45) is 5.16 Å². The van der Waals surface area contributed by atoms with E-state index >= 15 is 0 Å². The molecule has 2 aromatic heterocycles. The number of carboxylic acid groups (broad SMARTS) is 1. The number of imidazole rings is 1. The average molecular weight is 539 g/mol. The van der Waals surface area contributed by atoms with Crippen LogP contribution < -0.4 is 21.4 Å². The molecule has 0 aromatic carbocycles. The monoisotopic (exact) mass is 538 g/mol. The van der Waals surface area contributed by atoms with Gasteiger partial charge in [0.1, 0.15) is 37.3 Å². The van der Waals surface area contributed by atoms with Crippen molar-refractivity contribution >= 4 is 57.7 Å². The van der Waals surface area contributed by atoms with E-state index in [4.69, 9.17) is 16.3 Å². The summed E-state index contributed by atoms with van der Waals surface area (Å²) in [4.78, 5) is 47.8. The van der Waals surface area contributed by atoms with Crippen molar-refractivity contribution in [1.29, 1.82) is 0 Å². The quantitative estimate of drug-likeness (QED) is 0.101. The number of β-lactam (4-membered cyclic amide) rings is 1. The highest BCUT2D eigenvalue weighted by molar-refractivity contribution is 8.00. The number of nitrogens with two attached hydrogens (primary N) is 2. The summed E-state index contributed by atoms with van der Waals surface area (Å²) in [5.74, 6) is -1.17. The molecule has 4 heterocycles. The summed E-state index contributed by atoms with van der Waals surface area (Å²) < 4.78 is 7.42. The first kappa shape index (κ1) is 25.4. The van der Waals surface area contributed by atoms with E-state index in [9.17, 15) is 24.6 Å². The zero-order valence-electron chi connectivity index (χ0n) is 19.2. The van der Waals surface area contributed by atoms with Crippen molar-refractivity contribution in [1.82, 2.24) is 24.1 Å². The van der Waals surface area contributed by atoms with E-state index in [1.807, 2.05) is 0 Å². The molecule has 1 saturated heterocycles. The van der Waals surface area contributed by atoms with E-state index in [0.29, 0.717) is 23.7 Å². The molecule has 2 aliphatic heterocycles. The van der Waals surface area contributed by atoms with Crippen molar-refractivity contribution in [3.63, 3.8) is 0 Å². The van der Waals surface area contributed by atoms with Gasteiger partial charge < -0.3 is 31.8 Å². The molecule has 7 N–H and O–H groups in total. The lowest BCUT2D eigenvalue weighted by Crippen LogP contribution is -2.71. The second kappa shape index (κ2) is 10.1. The van der Waals surface area contributed by atoms with E-state index < -0.39 is 29.2 Å². The van der Waals surface area contributed by atoms with Crippen LogP contribution >= 0.6 is 23.3 Å². The number of fused-ring (bicyclic) bond motifs is 1. The number of rotatable bonds is 9. The first-order chi connectivity index (χ1) is 17.2. The summed E-state index contributed by atoms with van der Waals surface area (Å²) in [5, 5.41) is 24.9. The molecule has 17 heteroatoms. The third kappa shape index (κ3) is 4.47. The fourth-order valence-electron chi connectivity index (χ4n) is 4.04. The number of hydrogen-bond donors (Lipinski definition) is 5. The normalized spacial score (nSPS) is 19.7. The summed E-state index contributed by atoms with van der Waals surface area (Å²) >= 11 is 2.19. The molecule has 2 atom stereocenters. The van der Waals surface area contributed by atoms with Crippen LogP contribution in [-0.4, -0.2) is 83.4 Å². The van der Waals surface area contributed by atoms with Crippen LogP contribution in [0.5, 0.6) is 0 Å². The molecule has 2 aromatic rings. The Morgan fingerprint density at radius 1 is 1.42 bits per heavy atom. The maximum Gasteiger partial charge on any atom is 0.352 e. The highest BCUT2D eigenvalue weighted by Gasteiger charge is 2.54. The molecule has 36 heavy (non-hydrogen) atoms. The smallest absolute Gasteiger partial charge is 0.352 e. The van der Waals surface area contributed by atoms with E-state index in [1.165, 1.54) is 23.8 Å². The Hall–Kier alpha value is -3.70. The number of nitrogens with zero attached hydrogens (tertiary/aromatic N) is 6. The number of nitrogen functional groups attached to an aromatic ring is 2. The van der Waals surface area contributed by atoms with Gasteiger partial charge in [0.25, 0.3) is 17.6 Å². The number of aliphatic carboxylic acids is 1. The van der Waals surface area contributed by atoms with Gasteiger partial charge in [-0.05, 0) is 0 Å². The Morgan fingerprint density at radius 3 is 2.78 bits per heavy atom. The Morgan fingerprint density at radius 2 is 2.17 bits per heavy atom. The van der Waals surface area contributed by atoms with Crippen LogP contribution in [0.3, 0.4) is 0 Å². The first-order valence-corrected chi connectivity index (χ1v) is 12.4. The number of nitrogens with one attached hydrogen (secondary N) is 1. The number of oxime groups is 1. The number of aliphatic hydroxyl groups excluding tert-OH is 1. The minimum absolute atomic E-state index is 0.0509. The predicted octanol–water partition coefficient (Wildman–Crippen LogP) is -2.12. The fraction of sp³-hybridized carbons (Fsp3) is 0.421. The molecule has 0 saturated carbocycles. The maximum atomic E-state index is 13.0. The molecule has 0 unspecified atom stereocenters. The molecule has 1 fully saturated rings. The third-order valence-electron chi connectivity index (χ3n) is 5.68. The number of carboxylic acids is 1. The Kier molecular flexibility index (Phi) is 7.14. The van der Waals surface area contributed by atoms with Crippen LogP contribution in [0.15, 0.2) is 22.6 Å². The number of thioether (sulfide) groups is 1. The molecule has 2 aliphatic rings. The molecule has 2 amide bonds. The lowest BCUT2D eigenvalue weighted by atomic mass is 10.0. The Balaban J connectivity index is 1.55. The van der Waals surface area contributed by atoms with Crippen molar-refractivity contribution in [2.45, 2.75) is 31.4 Å². The molecule has 0 bridgehead atoms. The summed E-state index contributed by atoms with van der Waals surface area (Å²) in [6.45, 7) is 2.20. The summed E-state index contributed by atoms with van der Waals surface area (Å²) in [7, 11) is 1.24. The summed E-state index contributed by atoms with van der Waals surface area (Å²) in [5.41, 5.74) is 11.7. The highest BCUT2D eigenvalue weighted by atomic mass is 32.2. The Bertz CT molecular complexity index is 1290. The van der Waals surface area contributed by atoms with Crippen LogP contribution in [0, 0.1) is 6.92 Å². The Labute approximate surface area is 212 Å². The third-order valence-corrected chi connectivity index (χ3v) is 7.56. The highest BCUT2D eigenvalue weighted by Crippen LogP contribution is 2.40. The van der Waals surface area contributed by atoms with Crippen molar-refractivity contribution in [3.05, 3.63) is 29.1 Å². The molecular formula is C19H24N9O6S2+. The van der Waals surface area contributed by atoms with Gasteiger partial charge in [-0.2, -0.15) is 9.36 Å². The SMILES string of the molecule is CO/N=C(\C(=O)N[C@@H]1C(=O)N2C(C(=O)O)=C(C[n+]3cc(N)n(CCO)c3C)CS[C@H]12)c1nsc(N)n1. The molecular weight excluding hydrogens is 514 g/mol. The van der Waals surface area contributed by atoms with E-state index in [-0.39, 0.29) is 35.5 Å². The topological polar surface area (TPSA) is 215 Å². The summed E-state index contributed by atoms with van der Waals surface area (Å²) in [6, 6.07) is -0.980. The van der Waals surface area contributed by atoms with Crippen LogP contribution in [-0.2, 0) is 32.3 Å². The standard InChI is InChI=1S/C19H23N9O6S2/c1-8-26(6-10(20)27(8)3-4-29)5-9-7-35-17-12(16(31)28(17)13(9)18(32)33)22-15(30)11(24-34-2)14-23-19(21)36-25-14/h6,12,17,29H,3-5,7,20H2,1-2H3,(H3-,21,22,23,25,30,32,33)/p+1/b24-11-/t12-,17-/m1/s1. The van der Waals surface area contributed by atoms with Gasteiger partial charge in [-0.1, -0.05) is 5.16 Å². The number of aromatic nitrogens is 4. The van der Waals surface area contributed by atoms with E-state index in [0.717, 1.165) is 17.4 Å². The molecule has 4 rings (SSSR count). The van der Waals surface area contributed by atoms with Crippen molar-refractivity contribution in [3.8, 4) is 0 Å². The van der Waals surface area contributed by atoms with Gasteiger partial charge in [-0.3, -0.25) is 14.5 Å². The van der Waals surface area contributed by atoms with Gasteiger partial charge >= 0.3 is 5.97 Å². The molecule has 15 nitrogen and oxygen atoms in total. The fourth-order valence-corrected chi connectivity index (χ4v) is 5.81. The zero-order chi connectivity index (χ0) is 26.1. The number of amides is 2. The van der Waals surface area contributed by atoms with Crippen LogP contribution in [0.2, 0.25) is 0 Å². The number of aliphatic hydroxyl groups is 1. The van der Waals surface area contributed by atoms with E-state index in [2.05, 4.69) is 19.8 Å². The molecule has 0 aliphatic carbocycles. The van der Waals surface area contributed by atoms with Crippen molar-refractivity contribution < 1.29 is 34.0 Å². The van der Waals surface area contributed by atoms with Crippen LogP contribution in [0.1, 0.15) is 11.6 Å². The number of anilines is 2. The minimum Gasteiger partial charge on any atom is -0.477 e. The van der Waals surface area contributed by atoms with Gasteiger partial charge in [0, 0.05) is 29.8 Å². The molecule has 0 spiro atoms. The minimum atomic E-state index is -1.25. The van der Waals surface area contributed by atoms with Gasteiger partial charge in [0.15, 0.2) is 11.3 Å². The number of carbonyl (C=O) groups is 3. The van der Waals surface area contributed by atoms with Crippen LogP contribution in [0.4, 0.5) is 10.9 Å². The largest absolute Gasteiger partial charge is 0.477 e. The average Bonchev–Trinajstić information content (AvgIpc) is 3.38. The van der Waals surface area contributed by atoms with Gasteiger partial charge in [0.2, 0.25) is 17.4 Å². The van der Waals surface area contributed by atoms with Gasteiger partial charge in [-0.15, -0.1) is 11.8 Å². The summed E-state index contributed by atoms with van der Waals surface area (Å²) in [6.07, 6.45) is 1.66. The van der Waals surface area contributed by atoms with Crippen molar-refractivity contribution in [2.75, 3.05) is 30.9 Å². The zero-order valence-corrected chi connectivity index (χ0v) is 20.9. The van der Waals surface area contributed by atoms with Gasteiger partial charge in [-0.25, -0.2) is 13.9 Å². The molecule has 0 radical (unpaired) electrons. The van der Waals surface area contributed by atoms with Gasteiger partial charge in [0.05, 0.1) is 6.61 Å². The number of carbonyl (C=O) groups excluding carboxylic acids is 2. The maximum absolute atomic E-state index is 13.0. The second-order valence-electron chi connectivity index (χ2n) is 7.80. The predicted molar refractivity (Wildman–Crippen MR) is 128 cm³/mol. The van der Waals surface area contributed by atoms with E-state index in [1.54, 1.807) is 22.3 Å². The second-order valence-corrected chi connectivity index (χ2v) is 9.69. The lowest BCUT2D eigenvalue weighted by molar-refractivity contribution is -0.694.